The van der Waals surface area contributed by atoms with Crippen LogP contribution in [0.25, 0.3) is 0 Å². The third-order valence-corrected chi connectivity index (χ3v) is 3.21. The highest BCUT2D eigenvalue weighted by molar-refractivity contribution is 6.29. The molecule has 0 spiro atoms. The highest BCUT2D eigenvalue weighted by atomic mass is 35.5. The van der Waals surface area contributed by atoms with Crippen LogP contribution < -0.4 is 4.74 Å². The summed E-state index contributed by atoms with van der Waals surface area (Å²) in [6.45, 7) is 2.23. The van der Waals surface area contributed by atoms with Gasteiger partial charge in [-0.3, -0.25) is 10.1 Å². The predicted molar refractivity (Wildman–Crippen MR) is 81.0 cm³/mol. The third-order valence-electron chi connectivity index (χ3n) is 3.00. The molecule has 6 nitrogen and oxygen atoms in total. The summed E-state index contributed by atoms with van der Waals surface area (Å²) in [5.74, 6) is -0.450. The van der Waals surface area contributed by atoms with Gasteiger partial charge < -0.3 is 4.74 Å². The zero-order chi connectivity index (χ0) is 16.1. The Morgan fingerprint density at radius 1 is 1.41 bits per heavy atom. The summed E-state index contributed by atoms with van der Waals surface area (Å²) in [5.41, 5.74) is 0.277. The second-order valence-electron chi connectivity index (χ2n) is 4.33. The number of ether oxygens (including phenoxy) is 1. The Bertz CT molecular complexity index is 743. The number of nitriles is 1. The molecule has 22 heavy (non-hydrogen) atoms. The lowest BCUT2D eigenvalue weighted by atomic mass is 9.94. The van der Waals surface area contributed by atoms with Crippen molar-refractivity contribution < 1.29 is 9.66 Å². The molecule has 2 aromatic rings. The van der Waals surface area contributed by atoms with Crippen LogP contribution >= 0.6 is 11.6 Å². The van der Waals surface area contributed by atoms with E-state index in [4.69, 9.17) is 16.3 Å². The zero-order valence-electron chi connectivity index (χ0n) is 11.7. The number of hydrogen-bond acceptors (Lipinski definition) is 5. The molecule has 2 rings (SSSR count). The lowest BCUT2D eigenvalue weighted by molar-refractivity contribution is -0.386. The van der Waals surface area contributed by atoms with E-state index in [1.807, 2.05) is 6.92 Å². The van der Waals surface area contributed by atoms with Crippen LogP contribution in [0.3, 0.4) is 0 Å². The Balaban J connectivity index is 2.62. The largest absolute Gasteiger partial charge is 0.494 e. The van der Waals surface area contributed by atoms with E-state index in [2.05, 4.69) is 11.1 Å². The van der Waals surface area contributed by atoms with Gasteiger partial charge in [0.05, 0.1) is 17.6 Å². The van der Waals surface area contributed by atoms with Crippen LogP contribution in [0.15, 0.2) is 36.4 Å². The van der Waals surface area contributed by atoms with Crippen LogP contribution in [0.5, 0.6) is 5.75 Å². The van der Waals surface area contributed by atoms with Crippen molar-refractivity contribution in [2.45, 2.75) is 12.8 Å². The summed E-state index contributed by atoms with van der Waals surface area (Å²) in [6.07, 6.45) is 0. The van der Waals surface area contributed by atoms with Gasteiger partial charge in [0, 0.05) is 11.6 Å². The molecule has 7 heteroatoms. The van der Waals surface area contributed by atoms with Gasteiger partial charge in [0.25, 0.3) is 5.69 Å². The van der Waals surface area contributed by atoms with Gasteiger partial charge >= 0.3 is 0 Å². The maximum absolute atomic E-state index is 11.2. The molecule has 1 atom stereocenters. The predicted octanol–water partition coefficient (Wildman–Crippen LogP) is 3.70. The number of nitro groups is 1. The molecule has 0 saturated carbocycles. The normalized spacial score (nSPS) is 11.5. The first-order valence-corrected chi connectivity index (χ1v) is 6.88. The third kappa shape index (κ3) is 3.15. The van der Waals surface area contributed by atoms with E-state index in [9.17, 15) is 15.4 Å². The summed E-state index contributed by atoms with van der Waals surface area (Å²) < 4.78 is 5.49. The molecule has 0 radical (unpaired) electrons. The van der Waals surface area contributed by atoms with E-state index in [0.29, 0.717) is 17.9 Å². The average Bonchev–Trinajstić information content (AvgIpc) is 2.50. The molecular weight excluding hydrogens is 306 g/mol. The molecule has 1 aromatic carbocycles. The fraction of sp³-hybridized carbons (Fsp3) is 0.200. The van der Waals surface area contributed by atoms with E-state index in [1.165, 1.54) is 12.1 Å². The monoisotopic (exact) mass is 317 g/mol. The van der Waals surface area contributed by atoms with Gasteiger partial charge in [-0.25, -0.2) is 4.98 Å². The number of pyridine rings is 1. The van der Waals surface area contributed by atoms with Crippen LogP contribution in [0.4, 0.5) is 5.69 Å². The minimum atomic E-state index is -0.943. The smallest absolute Gasteiger partial charge is 0.292 e. The second kappa shape index (κ2) is 6.87. The Morgan fingerprint density at radius 2 is 2.14 bits per heavy atom. The van der Waals surface area contributed by atoms with Gasteiger partial charge in [-0.2, -0.15) is 5.26 Å². The van der Waals surface area contributed by atoms with E-state index in [1.54, 1.807) is 24.3 Å². The first-order chi connectivity index (χ1) is 10.6. The molecule has 0 fully saturated rings. The molecule has 1 aromatic heterocycles. The summed E-state index contributed by atoms with van der Waals surface area (Å²) in [7, 11) is 0. The van der Waals surface area contributed by atoms with Crippen LogP contribution in [-0.2, 0) is 0 Å². The fourth-order valence-electron chi connectivity index (χ4n) is 2.09. The number of hydrogen-bond donors (Lipinski definition) is 0. The lowest BCUT2D eigenvalue weighted by Gasteiger charge is -2.14. The van der Waals surface area contributed by atoms with Crippen molar-refractivity contribution in [3.63, 3.8) is 0 Å². The van der Waals surface area contributed by atoms with Crippen molar-refractivity contribution in [3.8, 4) is 11.8 Å². The summed E-state index contributed by atoms with van der Waals surface area (Å²) in [5, 5.41) is 20.8. The topological polar surface area (TPSA) is 89.0 Å². The van der Waals surface area contributed by atoms with Crippen molar-refractivity contribution in [3.05, 3.63) is 62.9 Å². The molecule has 1 unspecified atom stereocenters. The lowest BCUT2D eigenvalue weighted by Crippen LogP contribution is -2.08. The Kier molecular flexibility index (Phi) is 4.92. The van der Waals surface area contributed by atoms with Gasteiger partial charge in [-0.05, 0) is 19.1 Å². The maximum Gasteiger partial charge on any atom is 0.292 e. The Labute approximate surface area is 132 Å². The first kappa shape index (κ1) is 15.7. The van der Waals surface area contributed by atoms with Gasteiger partial charge in [0.1, 0.15) is 22.5 Å². The van der Waals surface area contributed by atoms with Crippen LogP contribution in [-0.4, -0.2) is 16.5 Å². The van der Waals surface area contributed by atoms with Crippen molar-refractivity contribution >= 4 is 17.3 Å². The fourth-order valence-corrected chi connectivity index (χ4v) is 2.25. The van der Waals surface area contributed by atoms with Crippen LogP contribution in [0, 0.1) is 21.4 Å². The summed E-state index contributed by atoms with van der Waals surface area (Å²) in [6, 6.07) is 11.5. The molecule has 1 heterocycles. The number of halogens is 1. The molecule has 0 aliphatic heterocycles. The molecular formula is C15H12ClN3O3. The van der Waals surface area contributed by atoms with Crippen molar-refractivity contribution in [2.24, 2.45) is 0 Å². The molecule has 112 valence electrons. The number of nitrogens with zero attached hydrogens (tertiary/aromatic N) is 3. The molecule has 0 bridgehead atoms. The van der Waals surface area contributed by atoms with Crippen molar-refractivity contribution in [2.75, 3.05) is 6.61 Å². The SMILES string of the molecule is CCOc1ccccc1C(C#N)c1nc(Cl)ccc1[N+](=O)[O-]. The Morgan fingerprint density at radius 3 is 2.77 bits per heavy atom. The quantitative estimate of drug-likeness (QED) is 0.476. The standard InChI is InChI=1S/C15H12ClN3O3/c1-2-22-13-6-4-3-5-10(13)11(9-17)15-12(19(20)21)7-8-14(16)18-15/h3-8,11H,2H2,1H3. The average molecular weight is 318 g/mol. The first-order valence-electron chi connectivity index (χ1n) is 6.50. The minimum Gasteiger partial charge on any atom is -0.494 e. The minimum absolute atomic E-state index is 0.00662. The molecule has 0 aliphatic carbocycles. The molecule has 0 amide bonds. The van der Waals surface area contributed by atoms with E-state index >= 15 is 0 Å². The van der Waals surface area contributed by atoms with E-state index < -0.39 is 10.8 Å². The van der Waals surface area contributed by atoms with E-state index in [-0.39, 0.29) is 16.5 Å². The van der Waals surface area contributed by atoms with Gasteiger partial charge in [0.2, 0.25) is 0 Å². The number of aromatic nitrogens is 1. The molecule has 0 aliphatic rings. The van der Waals surface area contributed by atoms with Crippen molar-refractivity contribution in [1.82, 2.24) is 4.98 Å². The highest BCUT2D eigenvalue weighted by Gasteiger charge is 2.28. The number of rotatable bonds is 5. The maximum atomic E-state index is 11.2. The molecule has 0 saturated heterocycles. The van der Waals surface area contributed by atoms with Crippen LogP contribution in [0.1, 0.15) is 24.1 Å². The van der Waals surface area contributed by atoms with Gasteiger partial charge in [0.15, 0.2) is 0 Å². The number of para-hydroxylation sites is 1. The summed E-state index contributed by atoms with van der Waals surface area (Å²) >= 11 is 5.84. The highest BCUT2D eigenvalue weighted by Crippen LogP contribution is 2.35. The van der Waals surface area contributed by atoms with E-state index in [0.717, 1.165) is 0 Å². The number of benzene rings is 1. The van der Waals surface area contributed by atoms with Crippen LogP contribution in [0.2, 0.25) is 5.15 Å². The van der Waals surface area contributed by atoms with Gasteiger partial charge in [-0.15, -0.1) is 0 Å². The molecule has 0 N–H and O–H groups in total. The summed E-state index contributed by atoms with van der Waals surface area (Å²) in [4.78, 5) is 14.6. The second-order valence-corrected chi connectivity index (χ2v) is 4.72. The van der Waals surface area contributed by atoms with Crippen molar-refractivity contribution in [1.29, 1.82) is 5.26 Å². The Hall–Kier alpha value is -2.65. The zero-order valence-corrected chi connectivity index (χ0v) is 12.4. The van der Waals surface area contributed by atoms with Gasteiger partial charge in [-0.1, -0.05) is 29.8 Å².